The Morgan fingerprint density at radius 3 is 2.38 bits per heavy atom. The second kappa shape index (κ2) is 10.5. The van der Waals surface area contributed by atoms with E-state index < -0.39 is 11.8 Å². The molecular weight excluding hydrogens is 454 g/mol. The van der Waals surface area contributed by atoms with Crippen LogP contribution in [0.5, 0.6) is 5.75 Å². The van der Waals surface area contributed by atoms with Crippen LogP contribution in [-0.2, 0) is 4.79 Å². The lowest BCUT2D eigenvalue weighted by Crippen LogP contribution is -2.44. The molecule has 172 valence electrons. The molecule has 9 heteroatoms. The van der Waals surface area contributed by atoms with Gasteiger partial charge in [0.25, 0.3) is 11.8 Å². The normalized spacial score (nSPS) is 10.4. The minimum absolute atomic E-state index is 0.0615. The first-order chi connectivity index (χ1) is 16.5. The summed E-state index contributed by atoms with van der Waals surface area (Å²) in [4.78, 5) is 25.3. The summed E-state index contributed by atoms with van der Waals surface area (Å²) in [5.41, 5.74) is 7.82. The molecule has 3 N–H and O–H groups in total. The van der Waals surface area contributed by atoms with E-state index in [1.807, 2.05) is 42.5 Å². The first-order valence-corrected chi connectivity index (χ1v) is 10.8. The molecule has 1 aromatic heterocycles. The zero-order chi connectivity index (χ0) is 23.9. The maximum absolute atomic E-state index is 13.0. The number of carbonyl (C=O) groups excluding carboxylic acids is 2. The fourth-order valence-corrected chi connectivity index (χ4v) is 3.40. The van der Waals surface area contributed by atoms with Gasteiger partial charge in [-0.05, 0) is 36.4 Å². The molecule has 0 unspecified atom stereocenters. The van der Waals surface area contributed by atoms with E-state index >= 15 is 0 Å². The first-order valence-electron chi connectivity index (χ1n) is 10.4. The summed E-state index contributed by atoms with van der Waals surface area (Å²) >= 11 is 6.01. The Kier molecular flexibility index (Phi) is 7.10. The molecule has 1 heterocycles. The van der Waals surface area contributed by atoms with Crippen molar-refractivity contribution in [2.45, 2.75) is 0 Å². The van der Waals surface area contributed by atoms with Crippen molar-refractivity contribution in [3.8, 4) is 22.7 Å². The second-order valence-electron chi connectivity index (χ2n) is 7.23. The van der Waals surface area contributed by atoms with Gasteiger partial charge in [0.05, 0.1) is 30.6 Å². The zero-order valence-corrected chi connectivity index (χ0v) is 19.0. The predicted molar refractivity (Wildman–Crippen MR) is 131 cm³/mol. The van der Waals surface area contributed by atoms with E-state index in [0.29, 0.717) is 33.3 Å². The number of benzene rings is 3. The Morgan fingerprint density at radius 2 is 1.65 bits per heavy atom. The molecule has 0 aliphatic rings. The number of hydrazine groups is 1. The van der Waals surface area contributed by atoms with Crippen LogP contribution in [0, 0.1) is 0 Å². The van der Waals surface area contributed by atoms with Gasteiger partial charge in [0.1, 0.15) is 11.4 Å². The lowest BCUT2D eigenvalue weighted by molar-refractivity contribution is -0.120. The number of amides is 2. The quantitative estimate of drug-likeness (QED) is 0.350. The van der Waals surface area contributed by atoms with Gasteiger partial charge in [-0.1, -0.05) is 54.1 Å². The summed E-state index contributed by atoms with van der Waals surface area (Å²) in [6, 6.07) is 23.7. The summed E-state index contributed by atoms with van der Waals surface area (Å²) in [6.45, 7) is -0.0615. The molecule has 0 bridgehead atoms. The van der Waals surface area contributed by atoms with E-state index in [1.54, 1.807) is 54.4 Å². The number of nitrogens with one attached hydrogen (secondary N) is 3. The van der Waals surface area contributed by atoms with Crippen LogP contribution in [0.1, 0.15) is 10.4 Å². The molecule has 0 aliphatic carbocycles. The lowest BCUT2D eigenvalue weighted by atomic mass is 10.1. The molecule has 0 spiro atoms. The molecule has 0 aliphatic heterocycles. The van der Waals surface area contributed by atoms with Crippen molar-refractivity contribution in [2.75, 3.05) is 19.0 Å². The van der Waals surface area contributed by atoms with Crippen LogP contribution in [0.25, 0.3) is 16.9 Å². The van der Waals surface area contributed by atoms with Gasteiger partial charge in [-0.25, -0.2) is 4.68 Å². The topological polar surface area (TPSA) is 97.3 Å². The fourth-order valence-electron chi connectivity index (χ4n) is 3.28. The number of carbonyl (C=O) groups is 2. The van der Waals surface area contributed by atoms with E-state index in [0.717, 1.165) is 5.69 Å². The number of para-hydroxylation sites is 3. The maximum Gasteiger partial charge on any atom is 0.273 e. The molecule has 0 atom stereocenters. The summed E-state index contributed by atoms with van der Waals surface area (Å²) in [6.07, 6.45) is 1.62. The molecule has 2 amide bonds. The zero-order valence-electron chi connectivity index (χ0n) is 18.3. The number of ether oxygens (including phenoxy) is 1. The molecule has 0 radical (unpaired) electrons. The molecule has 4 aromatic rings. The van der Waals surface area contributed by atoms with Crippen LogP contribution in [0.2, 0.25) is 5.02 Å². The van der Waals surface area contributed by atoms with Gasteiger partial charge in [-0.15, -0.1) is 0 Å². The Labute approximate surface area is 201 Å². The van der Waals surface area contributed by atoms with Crippen molar-refractivity contribution >= 4 is 29.1 Å². The van der Waals surface area contributed by atoms with E-state index in [-0.39, 0.29) is 6.54 Å². The van der Waals surface area contributed by atoms with Gasteiger partial charge < -0.3 is 10.1 Å². The van der Waals surface area contributed by atoms with Gasteiger partial charge in [-0.3, -0.25) is 20.4 Å². The van der Waals surface area contributed by atoms with E-state index in [4.69, 9.17) is 16.3 Å². The summed E-state index contributed by atoms with van der Waals surface area (Å²) < 4.78 is 6.87. The largest absolute Gasteiger partial charge is 0.495 e. The molecule has 34 heavy (non-hydrogen) atoms. The van der Waals surface area contributed by atoms with E-state index in [1.165, 1.54) is 0 Å². The number of anilines is 1. The Hall–Kier alpha value is -4.30. The van der Waals surface area contributed by atoms with E-state index in [9.17, 15) is 9.59 Å². The number of methoxy groups -OCH3 is 1. The molecule has 0 saturated carbocycles. The molecular formula is C25H22ClN5O3. The molecule has 0 fully saturated rings. The third-order valence-corrected chi connectivity index (χ3v) is 5.21. The fraction of sp³-hybridized carbons (Fsp3) is 0.0800. The van der Waals surface area contributed by atoms with Gasteiger partial charge >= 0.3 is 0 Å². The monoisotopic (exact) mass is 475 g/mol. The van der Waals surface area contributed by atoms with Crippen LogP contribution in [-0.4, -0.2) is 35.2 Å². The average Bonchev–Trinajstić information content (AvgIpc) is 3.33. The van der Waals surface area contributed by atoms with Crippen LogP contribution >= 0.6 is 11.6 Å². The van der Waals surface area contributed by atoms with Crippen LogP contribution in [0.3, 0.4) is 0 Å². The standard InChI is InChI=1S/C25H22ClN5O3/c1-34-22-10-6-5-9-21(22)27-15-23(32)28-29-25(33)20-16-31(19-7-3-2-4-8-19)30-24(20)17-11-13-18(26)14-12-17/h2-14,16,27H,15H2,1H3,(H,28,32)(H,29,33). The SMILES string of the molecule is COc1ccccc1NCC(=O)NNC(=O)c1cn(-c2ccccc2)nc1-c1ccc(Cl)cc1. The predicted octanol–water partition coefficient (Wildman–Crippen LogP) is 4.07. The molecule has 3 aromatic carbocycles. The van der Waals surface area contributed by atoms with Gasteiger partial charge in [0.15, 0.2) is 0 Å². The minimum atomic E-state index is -0.502. The number of hydrogen-bond acceptors (Lipinski definition) is 5. The van der Waals surface area contributed by atoms with Crippen molar-refractivity contribution in [2.24, 2.45) is 0 Å². The first kappa shape index (κ1) is 22.9. The Balaban J connectivity index is 1.48. The highest BCUT2D eigenvalue weighted by molar-refractivity contribution is 6.30. The van der Waals surface area contributed by atoms with Gasteiger partial charge in [0.2, 0.25) is 0 Å². The van der Waals surface area contributed by atoms with Crippen molar-refractivity contribution in [1.82, 2.24) is 20.6 Å². The molecule has 0 saturated heterocycles. The highest BCUT2D eigenvalue weighted by Crippen LogP contribution is 2.25. The Morgan fingerprint density at radius 1 is 0.941 bits per heavy atom. The van der Waals surface area contributed by atoms with Crippen LogP contribution in [0.4, 0.5) is 5.69 Å². The van der Waals surface area contributed by atoms with Crippen LogP contribution in [0.15, 0.2) is 85.1 Å². The third kappa shape index (κ3) is 5.36. The number of halogens is 1. The number of aromatic nitrogens is 2. The average molecular weight is 476 g/mol. The van der Waals surface area contributed by atoms with Crippen LogP contribution < -0.4 is 20.9 Å². The second-order valence-corrected chi connectivity index (χ2v) is 7.67. The third-order valence-electron chi connectivity index (χ3n) is 4.96. The smallest absolute Gasteiger partial charge is 0.273 e. The Bertz CT molecular complexity index is 1290. The number of hydrogen-bond donors (Lipinski definition) is 3. The lowest BCUT2D eigenvalue weighted by Gasteiger charge is -2.11. The maximum atomic E-state index is 13.0. The number of rotatable bonds is 7. The van der Waals surface area contributed by atoms with Gasteiger partial charge in [0, 0.05) is 16.8 Å². The summed E-state index contributed by atoms with van der Waals surface area (Å²) in [7, 11) is 1.55. The summed E-state index contributed by atoms with van der Waals surface area (Å²) in [5.74, 6) is -0.319. The van der Waals surface area contributed by atoms with Crippen molar-refractivity contribution in [3.05, 3.63) is 95.6 Å². The molecule has 8 nitrogen and oxygen atoms in total. The highest BCUT2D eigenvalue weighted by atomic mass is 35.5. The molecule has 4 rings (SSSR count). The highest BCUT2D eigenvalue weighted by Gasteiger charge is 2.19. The number of nitrogens with zero attached hydrogens (tertiary/aromatic N) is 2. The van der Waals surface area contributed by atoms with Crippen molar-refractivity contribution < 1.29 is 14.3 Å². The minimum Gasteiger partial charge on any atom is -0.495 e. The van der Waals surface area contributed by atoms with Crippen molar-refractivity contribution in [1.29, 1.82) is 0 Å². The van der Waals surface area contributed by atoms with Gasteiger partial charge in [-0.2, -0.15) is 5.10 Å². The van der Waals surface area contributed by atoms with E-state index in [2.05, 4.69) is 21.3 Å². The van der Waals surface area contributed by atoms with Crippen molar-refractivity contribution in [3.63, 3.8) is 0 Å². The summed E-state index contributed by atoms with van der Waals surface area (Å²) in [5, 5.41) is 8.15.